The maximum Gasteiger partial charge on any atom is 0.129 e. The van der Waals surface area contributed by atoms with Gasteiger partial charge in [0.15, 0.2) is 0 Å². The van der Waals surface area contributed by atoms with Crippen molar-refractivity contribution in [2.45, 2.75) is 65.4 Å². The van der Waals surface area contributed by atoms with E-state index in [4.69, 9.17) is 4.98 Å². The van der Waals surface area contributed by atoms with Crippen LogP contribution in [0.25, 0.3) is 0 Å². The quantitative estimate of drug-likeness (QED) is 0.862. The third-order valence-corrected chi connectivity index (χ3v) is 4.48. The number of aryl methyl sites for hydroxylation is 1. The molecule has 1 aliphatic heterocycles. The molecule has 0 radical (unpaired) electrons. The van der Waals surface area contributed by atoms with Crippen LogP contribution >= 0.6 is 0 Å². The zero-order chi connectivity index (χ0) is 15.1. The fraction of sp³-hybridized carbons (Fsp3) is 0.722. The number of rotatable bonds is 6. The van der Waals surface area contributed by atoms with Gasteiger partial charge in [-0.15, -0.1) is 0 Å². The molecule has 3 nitrogen and oxygen atoms in total. The predicted octanol–water partition coefficient (Wildman–Crippen LogP) is 3.93. The van der Waals surface area contributed by atoms with Crippen molar-refractivity contribution in [3.05, 3.63) is 23.4 Å². The minimum Gasteiger partial charge on any atom is -0.392 e. The minimum atomic E-state index is 0.110. The van der Waals surface area contributed by atoms with E-state index in [-0.39, 0.29) is 6.61 Å². The molecule has 0 spiro atoms. The first kappa shape index (κ1) is 16.3. The van der Waals surface area contributed by atoms with Crippen molar-refractivity contribution in [3.8, 4) is 0 Å². The Hall–Kier alpha value is -1.09. The second-order valence-electron chi connectivity index (χ2n) is 6.31. The fourth-order valence-corrected chi connectivity index (χ4v) is 3.36. The first-order valence-electron chi connectivity index (χ1n) is 8.62. The van der Waals surface area contributed by atoms with Crippen LogP contribution in [0.1, 0.15) is 63.6 Å². The molecule has 0 aromatic carbocycles. The summed E-state index contributed by atoms with van der Waals surface area (Å²) in [7, 11) is 0. The van der Waals surface area contributed by atoms with Gasteiger partial charge in [-0.2, -0.15) is 0 Å². The van der Waals surface area contributed by atoms with Gasteiger partial charge in [0.25, 0.3) is 0 Å². The summed E-state index contributed by atoms with van der Waals surface area (Å²) in [6.45, 7) is 6.78. The zero-order valence-electron chi connectivity index (χ0n) is 13.6. The van der Waals surface area contributed by atoms with Crippen LogP contribution in [0.4, 0.5) is 5.82 Å². The van der Waals surface area contributed by atoms with Gasteiger partial charge in [0, 0.05) is 18.8 Å². The lowest BCUT2D eigenvalue weighted by Crippen LogP contribution is -2.25. The Morgan fingerprint density at radius 3 is 2.76 bits per heavy atom. The van der Waals surface area contributed by atoms with Crippen molar-refractivity contribution in [3.63, 3.8) is 0 Å². The highest BCUT2D eigenvalue weighted by Gasteiger charge is 2.18. The van der Waals surface area contributed by atoms with Crippen LogP contribution in [0.15, 0.2) is 12.1 Å². The molecule has 3 heteroatoms. The Labute approximate surface area is 129 Å². The molecule has 2 heterocycles. The topological polar surface area (TPSA) is 36.4 Å². The standard InChI is InChI=1S/C18H30N2O/c1-3-6-15-8-5-10-20(11-9-15)18-13-16(14-21)12-17(19-18)7-4-2/h12-13,15,21H,3-11,14H2,1-2H3. The van der Waals surface area contributed by atoms with Crippen LogP contribution in [-0.2, 0) is 13.0 Å². The molecule has 118 valence electrons. The number of aliphatic hydroxyl groups is 1. The molecule has 1 unspecified atom stereocenters. The molecule has 2 rings (SSSR count). The predicted molar refractivity (Wildman–Crippen MR) is 88.6 cm³/mol. The van der Waals surface area contributed by atoms with Gasteiger partial charge in [0.2, 0.25) is 0 Å². The van der Waals surface area contributed by atoms with Gasteiger partial charge in [0.1, 0.15) is 5.82 Å². The Morgan fingerprint density at radius 1 is 1.19 bits per heavy atom. The van der Waals surface area contributed by atoms with Crippen molar-refractivity contribution in [1.82, 2.24) is 4.98 Å². The summed E-state index contributed by atoms with van der Waals surface area (Å²) in [4.78, 5) is 7.25. The van der Waals surface area contributed by atoms with E-state index in [2.05, 4.69) is 24.8 Å². The summed E-state index contributed by atoms with van der Waals surface area (Å²) >= 11 is 0. The van der Waals surface area contributed by atoms with Crippen LogP contribution in [0.3, 0.4) is 0 Å². The van der Waals surface area contributed by atoms with Gasteiger partial charge >= 0.3 is 0 Å². The summed E-state index contributed by atoms with van der Waals surface area (Å²) in [5.74, 6) is 1.96. The maximum atomic E-state index is 9.47. The zero-order valence-corrected chi connectivity index (χ0v) is 13.6. The normalized spacial score (nSPS) is 19.6. The van der Waals surface area contributed by atoms with Gasteiger partial charge in [-0.1, -0.05) is 33.1 Å². The lowest BCUT2D eigenvalue weighted by Gasteiger charge is -2.23. The van der Waals surface area contributed by atoms with Crippen molar-refractivity contribution in [2.75, 3.05) is 18.0 Å². The average Bonchev–Trinajstić information content (AvgIpc) is 2.73. The van der Waals surface area contributed by atoms with Crippen molar-refractivity contribution < 1.29 is 5.11 Å². The molecule has 21 heavy (non-hydrogen) atoms. The number of pyridine rings is 1. The Balaban J connectivity index is 2.11. The van der Waals surface area contributed by atoms with Crippen LogP contribution < -0.4 is 4.90 Å². The van der Waals surface area contributed by atoms with Crippen molar-refractivity contribution >= 4 is 5.82 Å². The summed E-state index contributed by atoms with van der Waals surface area (Å²) in [5.41, 5.74) is 2.12. The lowest BCUT2D eigenvalue weighted by atomic mass is 9.96. The highest BCUT2D eigenvalue weighted by Crippen LogP contribution is 2.25. The molecule has 0 bridgehead atoms. The van der Waals surface area contributed by atoms with Crippen LogP contribution in [0.2, 0.25) is 0 Å². The highest BCUT2D eigenvalue weighted by molar-refractivity contribution is 5.43. The van der Waals surface area contributed by atoms with Gasteiger partial charge < -0.3 is 10.0 Å². The number of hydrogen-bond acceptors (Lipinski definition) is 3. The summed E-state index contributed by atoms with van der Waals surface area (Å²) < 4.78 is 0. The number of aromatic nitrogens is 1. The second-order valence-corrected chi connectivity index (χ2v) is 6.31. The molecule has 0 aliphatic carbocycles. The molecule has 1 aromatic heterocycles. The average molecular weight is 290 g/mol. The lowest BCUT2D eigenvalue weighted by molar-refractivity contribution is 0.281. The smallest absolute Gasteiger partial charge is 0.129 e. The van der Waals surface area contributed by atoms with E-state index in [1.54, 1.807) is 0 Å². The summed E-state index contributed by atoms with van der Waals surface area (Å²) in [5, 5.41) is 9.47. The largest absolute Gasteiger partial charge is 0.392 e. The van der Waals surface area contributed by atoms with Crippen molar-refractivity contribution in [2.24, 2.45) is 5.92 Å². The molecule has 1 N–H and O–H groups in total. The third-order valence-electron chi connectivity index (χ3n) is 4.48. The van der Waals surface area contributed by atoms with E-state index in [1.165, 1.54) is 32.1 Å². The number of aliphatic hydroxyl groups excluding tert-OH is 1. The van der Waals surface area contributed by atoms with Gasteiger partial charge in [-0.3, -0.25) is 0 Å². The fourth-order valence-electron chi connectivity index (χ4n) is 3.36. The van der Waals surface area contributed by atoms with E-state index in [1.807, 2.05) is 6.07 Å². The minimum absolute atomic E-state index is 0.110. The summed E-state index contributed by atoms with van der Waals surface area (Å²) in [6, 6.07) is 4.12. The molecular weight excluding hydrogens is 260 g/mol. The van der Waals surface area contributed by atoms with E-state index in [0.29, 0.717) is 0 Å². The molecule has 1 aliphatic rings. The molecule has 1 aromatic rings. The molecule has 1 fully saturated rings. The number of anilines is 1. The van der Waals surface area contributed by atoms with Gasteiger partial charge in [-0.05, 0) is 49.3 Å². The molecule has 1 saturated heterocycles. The summed E-state index contributed by atoms with van der Waals surface area (Å²) in [6.07, 6.45) is 8.64. The van der Waals surface area contributed by atoms with Crippen LogP contribution in [0, 0.1) is 5.92 Å². The Kier molecular flexibility index (Phi) is 6.50. The highest BCUT2D eigenvalue weighted by atomic mass is 16.3. The van der Waals surface area contributed by atoms with Crippen molar-refractivity contribution in [1.29, 1.82) is 0 Å². The molecule has 0 amide bonds. The van der Waals surface area contributed by atoms with Gasteiger partial charge in [0.05, 0.1) is 6.61 Å². The Bertz CT molecular complexity index is 433. The molecule has 1 atom stereocenters. The first-order valence-corrected chi connectivity index (χ1v) is 8.62. The number of nitrogens with zero attached hydrogens (tertiary/aromatic N) is 2. The Morgan fingerprint density at radius 2 is 2.05 bits per heavy atom. The number of hydrogen-bond donors (Lipinski definition) is 1. The van der Waals surface area contributed by atoms with E-state index >= 15 is 0 Å². The van der Waals surface area contributed by atoms with Crippen LogP contribution in [0.5, 0.6) is 0 Å². The van der Waals surface area contributed by atoms with E-state index in [0.717, 1.165) is 48.9 Å². The monoisotopic (exact) mass is 290 g/mol. The van der Waals surface area contributed by atoms with Crippen LogP contribution in [-0.4, -0.2) is 23.2 Å². The van der Waals surface area contributed by atoms with E-state index in [9.17, 15) is 5.11 Å². The maximum absolute atomic E-state index is 9.47. The van der Waals surface area contributed by atoms with E-state index < -0.39 is 0 Å². The SMILES string of the molecule is CCCc1cc(CO)cc(N2CCCC(CCC)CC2)n1. The van der Waals surface area contributed by atoms with Gasteiger partial charge in [-0.25, -0.2) is 4.98 Å². The second kappa shape index (κ2) is 8.38. The molecular formula is C18H30N2O. The first-order chi connectivity index (χ1) is 10.3. The molecule has 0 saturated carbocycles. The third kappa shape index (κ3) is 4.70.